The molecular weight excluding hydrogens is 210 g/mol. The van der Waals surface area contributed by atoms with E-state index in [9.17, 15) is 4.79 Å². The number of rotatable bonds is 1. The lowest BCUT2D eigenvalue weighted by Gasteiger charge is -2.46. The zero-order valence-corrected chi connectivity index (χ0v) is 10.8. The van der Waals surface area contributed by atoms with E-state index < -0.39 is 0 Å². The van der Waals surface area contributed by atoms with Gasteiger partial charge in [0.15, 0.2) is 5.78 Å². The lowest BCUT2D eigenvalue weighted by atomic mass is 9.64. The van der Waals surface area contributed by atoms with Crippen molar-refractivity contribution in [3.8, 4) is 0 Å². The van der Waals surface area contributed by atoms with Crippen molar-refractivity contribution in [2.75, 3.05) is 0 Å². The number of carbonyl (C=O) groups excluding carboxylic acids is 1. The van der Waals surface area contributed by atoms with E-state index in [1.807, 2.05) is 0 Å². The normalized spacial score (nSPS) is 48.1. The van der Waals surface area contributed by atoms with Gasteiger partial charge in [0.1, 0.15) is 5.54 Å². The summed E-state index contributed by atoms with van der Waals surface area (Å²) in [5, 5.41) is 0. The molecule has 0 N–H and O–H groups in total. The molecule has 0 saturated carbocycles. The standard InChI is InChI=1S/C15H17NO/c1-9-6-5-7-11-12(9)13(3)8-15(10(2)17)14(11,4)16(13)15/h5-7H,8H2,1-4H3/t13-,14-,15?,16?/m1/s1. The van der Waals surface area contributed by atoms with Gasteiger partial charge in [-0.25, -0.2) is 0 Å². The number of Topliss-reactive ketones (excluding diaryl/α,β-unsaturated/α-hetero) is 1. The summed E-state index contributed by atoms with van der Waals surface area (Å²) in [4.78, 5) is 14.4. The highest BCUT2D eigenvalue weighted by Gasteiger charge is 2.92. The van der Waals surface area contributed by atoms with Gasteiger partial charge in [-0.1, -0.05) is 18.2 Å². The number of hydrogen-bond acceptors (Lipinski definition) is 2. The number of nitrogens with zero attached hydrogens (tertiary/aromatic N) is 1. The molecule has 3 aliphatic rings. The van der Waals surface area contributed by atoms with Gasteiger partial charge < -0.3 is 0 Å². The number of benzene rings is 1. The molecule has 0 aliphatic carbocycles. The molecule has 0 bridgehead atoms. The second-order valence-electron chi connectivity index (χ2n) is 6.27. The van der Waals surface area contributed by atoms with Crippen LogP contribution in [-0.2, 0) is 15.9 Å². The summed E-state index contributed by atoms with van der Waals surface area (Å²) in [6.07, 6.45) is 1.00. The molecule has 0 amide bonds. The lowest BCUT2D eigenvalue weighted by Crippen LogP contribution is -2.55. The van der Waals surface area contributed by atoms with Gasteiger partial charge in [-0.05, 0) is 50.8 Å². The van der Waals surface area contributed by atoms with E-state index in [2.05, 4.69) is 43.9 Å². The molecule has 2 nitrogen and oxygen atoms in total. The van der Waals surface area contributed by atoms with Crippen LogP contribution in [0, 0.1) is 6.92 Å². The average molecular weight is 227 g/mol. The van der Waals surface area contributed by atoms with E-state index in [0.29, 0.717) is 5.78 Å². The first-order valence-corrected chi connectivity index (χ1v) is 6.33. The Morgan fingerprint density at radius 2 is 2.06 bits per heavy atom. The van der Waals surface area contributed by atoms with Crippen molar-refractivity contribution in [2.45, 2.75) is 50.7 Å². The zero-order valence-electron chi connectivity index (χ0n) is 10.8. The summed E-state index contributed by atoms with van der Waals surface area (Å²) < 4.78 is 0. The number of fused-ring (bicyclic) bond motifs is 4. The minimum atomic E-state index is -0.164. The monoisotopic (exact) mass is 227 g/mol. The van der Waals surface area contributed by atoms with Crippen LogP contribution in [0.2, 0.25) is 0 Å². The molecule has 0 radical (unpaired) electrons. The second kappa shape index (κ2) is 2.22. The fourth-order valence-corrected chi connectivity index (χ4v) is 5.14. The summed E-state index contributed by atoms with van der Waals surface area (Å²) in [5.74, 6) is 0.338. The molecular formula is C15H17NO. The zero-order chi connectivity index (χ0) is 12.2. The van der Waals surface area contributed by atoms with Gasteiger partial charge in [-0.3, -0.25) is 9.69 Å². The lowest BCUT2D eigenvalue weighted by molar-refractivity contribution is -0.126. The van der Waals surface area contributed by atoms with Crippen LogP contribution in [-0.4, -0.2) is 16.2 Å². The van der Waals surface area contributed by atoms with Gasteiger partial charge in [-0.2, -0.15) is 0 Å². The smallest absolute Gasteiger partial charge is 0.152 e. The van der Waals surface area contributed by atoms with Crippen molar-refractivity contribution in [3.05, 3.63) is 34.9 Å². The fourth-order valence-electron chi connectivity index (χ4n) is 5.14. The Balaban J connectivity index is 2.04. The third kappa shape index (κ3) is 0.641. The SMILES string of the molecule is CC(=O)C12C[C@]3(C)c4c(C)cccc4[C@@]1(C)N23. The second-order valence-corrected chi connectivity index (χ2v) is 6.27. The Kier molecular flexibility index (Phi) is 1.28. The number of hydrogen-bond donors (Lipinski definition) is 0. The van der Waals surface area contributed by atoms with Crippen LogP contribution in [0.4, 0.5) is 0 Å². The van der Waals surface area contributed by atoms with E-state index in [0.717, 1.165) is 6.42 Å². The van der Waals surface area contributed by atoms with E-state index in [4.69, 9.17) is 0 Å². The summed E-state index contributed by atoms with van der Waals surface area (Å²) >= 11 is 0. The largest absolute Gasteiger partial charge is 0.298 e. The van der Waals surface area contributed by atoms with E-state index >= 15 is 0 Å². The maximum atomic E-state index is 12.0. The first kappa shape index (κ1) is 9.84. The molecule has 2 unspecified atom stereocenters. The molecule has 2 heteroatoms. The third-order valence-corrected chi connectivity index (χ3v) is 5.60. The number of aryl methyl sites for hydroxylation is 1. The van der Waals surface area contributed by atoms with Crippen molar-refractivity contribution in [1.82, 2.24) is 4.90 Å². The maximum absolute atomic E-state index is 12.0. The van der Waals surface area contributed by atoms with Crippen LogP contribution in [0.3, 0.4) is 0 Å². The fraction of sp³-hybridized carbons (Fsp3) is 0.533. The van der Waals surface area contributed by atoms with Gasteiger partial charge in [0.25, 0.3) is 0 Å². The van der Waals surface area contributed by atoms with Crippen LogP contribution in [0.25, 0.3) is 0 Å². The van der Waals surface area contributed by atoms with Crippen molar-refractivity contribution in [3.63, 3.8) is 0 Å². The Hall–Kier alpha value is -1.15. The number of ketones is 1. The molecule has 0 aromatic heterocycles. The minimum Gasteiger partial charge on any atom is -0.298 e. The van der Waals surface area contributed by atoms with E-state index in [-0.39, 0.29) is 16.6 Å². The molecule has 1 aromatic carbocycles. The first-order valence-electron chi connectivity index (χ1n) is 6.33. The molecule has 4 atom stereocenters. The van der Waals surface area contributed by atoms with Crippen LogP contribution >= 0.6 is 0 Å². The summed E-state index contributed by atoms with van der Waals surface area (Å²) in [7, 11) is 0. The van der Waals surface area contributed by atoms with Crippen LogP contribution in [0.15, 0.2) is 18.2 Å². The highest BCUT2D eigenvalue weighted by molar-refractivity contribution is 5.97. The molecule has 2 saturated heterocycles. The van der Waals surface area contributed by atoms with Gasteiger partial charge in [-0.15, -0.1) is 0 Å². The minimum absolute atomic E-state index is 0.0189. The van der Waals surface area contributed by atoms with Gasteiger partial charge in [0.05, 0.1) is 5.54 Å². The quantitative estimate of drug-likeness (QED) is 0.687. The first-order chi connectivity index (χ1) is 7.90. The van der Waals surface area contributed by atoms with Crippen LogP contribution in [0.1, 0.15) is 43.9 Å². The summed E-state index contributed by atoms with van der Waals surface area (Å²) in [6, 6.07) is 6.52. The van der Waals surface area contributed by atoms with E-state index in [1.54, 1.807) is 6.92 Å². The maximum Gasteiger partial charge on any atom is 0.152 e. The van der Waals surface area contributed by atoms with Crippen LogP contribution < -0.4 is 0 Å². The molecule has 3 aliphatic heterocycles. The third-order valence-electron chi connectivity index (χ3n) is 5.60. The molecule has 4 rings (SSSR count). The summed E-state index contributed by atoms with van der Waals surface area (Å²) in [5.41, 5.74) is 4.17. The highest BCUT2D eigenvalue weighted by Crippen LogP contribution is 2.82. The molecule has 88 valence electrons. The Labute approximate surface area is 102 Å². The van der Waals surface area contributed by atoms with Gasteiger partial charge in [0.2, 0.25) is 0 Å². The van der Waals surface area contributed by atoms with E-state index in [1.165, 1.54) is 16.7 Å². The average Bonchev–Trinajstić information content (AvgIpc) is 2.65. The van der Waals surface area contributed by atoms with Crippen molar-refractivity contribution < 1.29 is 4.79 Å². The Morgan fingerprint density at radius 3 is 2.71 bits per heavy atom. The molecule has 3 heterocycles. The molecule has 0 spiro atoms. The Bertz CT molecular complexity index is 593. The van der Waals surface area contributed by atoms with Gasteiger partial charge >= 0.3 is 0 Å². The highest BCUT2D eigenvalue weighted by atomic mass is 16.1. The van der Waals surface area contributed by atoms with Gasteiger partial charge in [0, 0.05) is 5.54 Å². The molecule has 17 heavy (non-hydrogen) atoms. The van der Waals surface area contributed by atoms with Crippen molar-refractivity contribution in [1.29, 1.82) is 0 Å². The number of carbonyl (C=O) groups is 1. The summed E-state index contributed by atoms with van der Waals surface area (Å²) in [6.45, 7) is 8.47. The predicted molar refractivity (Wildman–Crippen MR) is 65.8 cm³/mol. The Morgan fingerprint density at radius 1 is 1.35 bits per heavy atom. The van der Waals surface area contributed by atoms with Crippen molar-refractivity contribution >= 4 is 5.78 Å². The van der Waals surface area contributed by atoms with Crippen molar-refractivity contribution in [2.24, 2.45) is 0 Å². The predicted octanol–water partition coefficient (Wildman–Crippen LogP) is 2.49. The molecule has 2 fully saturated rings. The molecule has 1 aromatic rings. The topological polar surface area (TPSA) is 20.1 Å². The van der Waals surface area contributed by atoms with Crippen LogP contribution in [0.5, 0.6) is 0 Å².